The fraction of sp³-hybridized carbons (Fsp3) is 0.250. The van der Waals surface area contributed by atoms with Crippen LogP contribution in [0.5, 0.6) is 0 Å². The lowest BCUT2D eigenvalue weighted by molar-refractivity contribution is 0.0821. The summed E-state index contributed by atoms with van der Waals surface area (Å²) in [7, 11) is 3.30. The molecule has 8 nitrogen and oxygen atoms in total. The van der Waals surface area contributed by atoms with Crippen LogP contribution >= 0.6 is 0 Å². The van der Waals surface area contributed by atoms with E-state index in [9.17, 15) is 9.59 Å². The maximum atomic E-state index is 12.6. The Morgan fingerprint density at radius 1 is 1.04 bits per heavy atom. The Bertz CT molecular complexity index is 1050. The van der Waals surface area contributed by atoms with Gasteiger partial charge in [-0.15, -0.1) is 5.10 Å². The number of hydrogen-bond acceptors (Lipinski definition) is 5. The molecule has 0 aliphatic heterocycles. The van der Waals surface area contributed by atoms with Gasteiger partial charge >= 0.3 is 0 Å². The quantitative estimate of drug-likeness (QED) is 0.726. The number of amides is 2. The molecular weight excluding hydrogens is 356 g/mol. The Hall–Kier alpha value is -3.55. The molecule has 8 heteroatoms. The molecule has 0 aliphatic carbocycles. The van der Waals surface area contributed by atoms with Crippen molar-refractivity contribution in [1.82, 2.24) is 25.1 Å². The fourth-order valence-electron chi connectivity index (χ4n) is 2.84. The van der Waals surface area contributed by atoms with Crippen molar-refractivity contribution in [2.24, 2.45) is 0 Å². The molecule has 3 aromatic rings. The second kappa shape index (κ2) is 7.59. The molecule has 2 aromatic heterocycles. The van der Waals surface area contributed by atoms with Gasteiger partial charge in [0.05, 0.1) is 11.3 Å². The molecule has 0 radical (unpaired) electrons. The lowest BCUT2D eigenvalue weighted by Crippen LogP contribution is -2.24. The van der Waals surface area contributed by atoms with Gasteiger partial charge in [-0.3, -0.25) is 20.0 Å². The van der Waals surface area contributed by atoms with Crippen LogP contribution in [-0.4, -0.2) is 51.0 Å². The average molecular weight is 378 g/mol. The van der Waals surface area contributed by atoms with Crippen LogP contribution in [0, 0.1) is 20.8 Å². The summed E-state index contributed by atoms with van der Waals surface area (Å²) in [5, 5.41) is 9.58. The van der Waals surface area contributed by atoms with Crippen molar-refractivity contribution in [2.45, 2.75) is 20.8 Å². The van der Waals surface area contributed by atoms with Crippen LogP contribution < -0.4 is 5.32 Å². The second-order valence-corrected chi connectivity index (χ2v) is 6.81. The predicted octanol–water partition coefficient (Wildman–Crippen LogP) is 2.75. The van der Waals surface area contributed by atoms with Crippen molar-refractivity contribution in [3.63, 3.8) is 0 Å². The topological polar surface area (TPSA) is 104 Å². The zero-order valence-electron chi connectivity index (χ0n) is 16.5. The van der Waals surface area contributed by atoms with Crippen LogP contribution in [0.25, 0.3) is 11.4 Å². The number of rotatable bonds is 4. The van der Waals surface area contributed by atoms with Crippen LogP contribution in [0.3, 0.4) is 0 Å². The predicted molar refractivity (Wildman–Crippen MR) is 106 cm³/mol. The molecule has 3 rings (SSSR count). The number of aryl methyl sites for hydroxylation is 3. The summed E-state index contributed by atoms with van der Waals surface area (Å²) in [6.45, 7) is 5.70. The van der Waals surface area contributed by atoms with E-state index in [-0.39, 0.29) is 23.5 Å². The number of anilines is 1. The molecule has 0 fully saturated rings. The molecule has 1 aromatic carbocycles. The molecule has 0 saturated carbocycles. The van der Waals surface area contributed by atoms with Crippen LogP contribution in [0.4, 0.5) is 5.95 Å². The van der Waals surface area contributed by atoms with Crippen molar-refractivity contribution in [3.8, 4) is 11.4 Å². The fourth-order valence-corrected chi connectivity index (χ4v) is 2.84. The maximum Gasteiger partial charge on any atom is 0.271 e. The third-order valence-electron chi connectivity index (χ3n) is 4.30. The minimum atomic E-state index is -0.389. The van der Waals surface area contributed by atoms with E-state index >= 15 is 0 Å². The number of carbonyl (C=O) groups excluding carboxylic acids is 2. The number of hydrogen-bond donors (Lipinski definition) is 2. The van der Waals surface area contributed by atoms with Crippen molar-refractivity contribution >= 4 is 17.8 Å². The van der Waals surface area contributed by atoms with Gasteiger partial charge in [-0.25, -0.2) is 4.98 Å². The highest BCUT2D eigenvalue weighted by atomic mass is 16.2. The van der Waals surface area contributed by atoms with Gasteiger partial charge in [-0.05, 0) is 38.5 Å². The first kappa shape index (κ1) is 19.2. The van der Waals surface area contributed by atoms with E-state index < -0.39 is 0 Å². The van der Waals surface area contributed by atoms with E-state index in [0.717, 1.165) is 16.7 Å². The van der Waals surface area contributed by atoms with Gasteiger partial charge in [-0.1, -0.05) is 23.8 Å². The lowest BCUT2D eigenvalue weighted by atomic mass is 10.1. The highest BCUT2D eigenvalue weighted by Gasteiger charge is 2.17. The largest absolute Gasteiger partial charge is 0.343 e. The number of aromatic nitrogens is 4. The van der Waals surface area contributed by atoms with Crippen molar-refractivity contribution in [2.75, 3.05) is 19.4 Å². The first-order chi connectivity index (χ1) is 13.3. The van der Waals surface area contributed by atoms with Gasteiger partial charge in [0.15, 0.2) is 5.82 Å². The van der Waals surface area contributed by atoms with Gasteiger partial charge in [0.1, 0.15) is 5.69 Å². The highest BCUT2D eigenvalue weighted by Crippen LogP contribution is 2.21. The van der Waals surface area contributed by atoms with Crippen molar-refractivity contribution in [1.29, 1.82) is 0 Å². The highest BCUT2D eigenvalue weighted by molar-refractivity contribution is 6.04. The lowest BCUT2D eigenvalue weighted by Gasteiger charge is -2.11. The molecule has 0 unspecified atom stereocenters. The summed E-state index contributed by atoms with van der Waals surface area (Å²) in [5.74, 6) is 0.143. The van der Waals surface area contributed by atoms with E-state index in [4.69, 9.17) is 0 Å². The van der Waals surface area contributed by atoms with Gasteiger partial charge < -0.3 is 4.90 Å². The van der Waals surface area contributed by atoms with Crippen molar-refractivity contribution in [3.05, 3.63) is 58.4 Å². The van der Waals surface area contributed by atoms with Crippen molar-refractivity contribution < 1.29 is 9.59 Å². The van der Waals surface area contributed by atoms with Gasteiger partial charge in [0.25, 0.3) is 11.8 Å². The van der Waals surface area contributed by atoms with E-state index in [2.05, 4.69) is 31.5 Å². The van der Waals surface area contributed by atoms with E-state index in [1.165, 1.54) is 11.0 Å². The third kappa shape index (κ3) is 3.90. The normalized spacial score (nSPS) is 10.6. The zero-order valence-corrected chi connectivity index (χ0v) is 16.5. The van der Waals surface area contributed by atoms with Crippen LogP contribution in [-0.2, 0) is 0 Å². The van der Waals surface area contributed by atoms with Crippen LogP contribution in [0.1, 0.15) is 37.7 Å². The first-order valence-electron chi connectivity index (χ1n) is 8.77. The Morgan fingerprint density at radius 3 is 2.43 bits per heavy atom. The molecule has 0 saturated heterocycles. The van der Waals surface area contributed by atoms with E-state index in [1.807, 2.05) is 26.0 Å². The molecule has 0 bridgehead atoms. The number of pyridine rings is 1. The molecule has 2 N–H and O–H groups in total. The van der Waals surface area contributed by atoms with Gasteiger partial charge in [-0.2, -0.15) is 4.98 Å². The molecule has 0 spiro atoms. The molecular formula is C20H22N6O2. The average Bonchev–Trinajstić information content (AvgIpc) is 3.08. The summed E-state index contributed by atoms with van der Waals surface area (Å²) in [6.07, 6.45) is 0. The zero-order chi connectivity index (χ0) is 20.4. The molecule has 2 heterocycles. The van der Waals surface area contributed by atoms with Crippen LogP contribution in [0.2, 0.25) is 0 Å². The monoisotopic (exact) mass is 378 g/mol. The standard InChI is InChI=1S/C20H22N6O2/c1-11-6-7-14(12(2)10-11)17-22-20(25-24-17)23-18(27)15-8-9-16(21-13(15)3)19(28)26(4)5/h6-10H,1-5H3,(H2,22,23,24,25,27). The molecule has 2 amide bonds. The second-order valence-electron chi connectivity index (χ2n) is 6.81. The van der Waals surface area contributed by atoms with E-state index in [0.29, 0.717) is 17.1 Å². The number of H-pyrrole nitrogens is 1. The third-order valence-corrected chi connectivity index (χ3v) is 4.30. The number of nitrogens with one attached hydrogen (secondary N) is 2. The first-order valence-corrected chi connectivity index (χ1v) is 8.77. The maximum absolute atomic E-state index is 12.6. The molecule has 0 atom stereocenters. The Kier molecular flexibility index (Phi) is 5.21. The number of benzene rings is 1. The van der Waals surface area contributed by atoms with Gasteiger partial charge in [0, 0.05) is 19.7 Å². The minimum Gasteiger partial charge on any atom is -0.343 e. The summed E-state index contributed by atoms with van der Waals surface area (Å²) in [6, 6.07) is 9.12. The minimum absolute atomic E-state index is 0.174. The number of nitrogens with zero attached hydrogens (tertiary/aromatic N) is 4. The molecule has 144 valence electrons. The Morgan fingerprint density at radius 2 is 1.79 bits per heavy atom. The smallest absolute Gasteiger partial charge is 0.271 e. The number of carbonyl (C=O) groups is 2. The Labute approximate surface area is 163 Å². The number of aromatic amines is 1. The van der Waals surface area contributed by atoms with E-state index in [1.54, 1.807) is 27.1 Å². The summed E-state index contributed by atoms with van der Waals surface area (Å²) in [5.41, 5.74) is 4.24. The molecule has 0 aliphatic rings. The summed E-state index contributed by atoms with van der Waals surface area (Å²) >= 11 is 0. The summed E-state index contributed by atoms with van der Waals surface area (Å²) < 4.78 is 0. The Balaban J connectivity index is 1.79. The molecule has 28 heavy (non-hydrogen) atoms. The van der Waals surface area contributed by atoms with Crippen LogP contribution in [0.15, 0.2) is 30.3 Å². The van der Waals surface area contributed by atoms with Gasteiger partial charge in [0.2, 0.25) is 5.95 Å². The summed E-state index contributed by atoms with van der Waals surface area (Å²) in [4.78, 5) is 34.6. The SMILES string of the molecule is Cc1ccc(-c2nc(NC(=O)c3ccc(C(=O)N(C)C)nc3C)n[nH]2)c(C)c1.